The maximum Gasteiger partial charge on any atom is 0.204 e. The minimum absolute atomic E-state index is 0.250. The molecule has 7 heteroatoms. The molecule has 1 aromatic rings. The molecular weight excluding hydrogens is 244 g/mol. The average molecular weight is 256 g/mol. The van der Waals surface area contributed by atoms with Crippen molar-refractivity contribution in [3.8, 4) is 6.07 Å². The van der Waals surface area contributed by atoms with E-state index in [1.54, 1.807) is 18.0 Å². The molecule has 86 valence electrons. The Hall–Kier alpha value is -1.26. The molecule has 0 fully saturated rings. The number of hydrogen-bond acceptors (Lipinski definition) is 6. The molecule has 1 amide bonds. The lowest BCUT2D eigenvalue weighted by atomic mass is 10.4. The van der Waals surface area contributed by atoms with Crippen LogP contribution in [-0.4, -0.2) is 28.4 Å². The molecule has 1 rings (SSSR count). The monoisotopic (exact) mass is 256 g/mol. The molecule has 0 saturated carbocycles. The van der Waals surface area contributed by atoms with Gasteiger partial charge in [-0.2, -0.15) is 5.26 Å². The Kier molecular flexibility index (Phi) is 8.29. The van der Waals surface area contributed by atoms with Crippen LogP contribution in [-0.2, 0) is 4.79 Å². The molecule has 0 unspecified atom stereocenters. The van der Waals surface area contributed by atoms with E-state index < -0.39 is 0 Å². The van der Waals surface area contributed by atoms with E-state index in [1.807, 2.05) is 13.2 Å². The third-order valence-electron chi connectivity index (χ3n) is 1.32. The maximum atomic E-state index is 8.76. The van der Waals surface area contributed by atoms with E-state index in [0.717, 1.165) is 15.9 Å². The topological polar surface area (TPSA) is 92.7 Å². The highest BCUT2D eigenvalue weighted by Crippen LogP contribution is 2.21. The predicted molar refractivity (Wildman–Crippen MR) is 65.2 cm³/mol. The van der Waals surface area contributed by atoms with Crippen LogP contribution in [0.4, 0.5) is 0 Å². The molecule has 0 saturated heterocycles. The van der Waals surface area contributed by atoms with Crippen LogP contribution in [0.15, 0.2) is 16.4 Å². The fourth-order valence-corrected chi connectivity index (χ4v) is 1.85. The quantitative estimate of drug-likeness (QED) is 0.379. The van der Waals surface area contributed by atoms with Crippen LogP contribution < -0.4 is 5.73 Å². The van der Waals surface area contributed by atoms with E-state index in [-0.39, 0.29) is 6.41 Å². The number of nitrogens with zero attached hydrogens (tertiary/aromatic N) is 3. The summed E-state index contributed by atoms with van der Waals surface area (Å²) < 4.78 is 0. The first-order chi connectivity index (χ1) is 7.73. The largest absolute Gasteiger partial charge is 0.372 e. The van der Waals surface area contributed by atoms with Crippen molar-refractivity contribution in [2.45, 2.75) is 17.1 Å². The minimum atomic E-state index is 0.250. The molecule has 0 aliphatic rings. The highest BCUT2D eigenvalue weighted by molar-refractivity contribution is 7.99. The molecule has 2 N–H and O–H groups in total. The summed E-state index contributed by atoms with van der Waals surface area (Å²) in [6.07, 6.45) is 3.75. The third kappa shape index (κ3) is 5.00. The van der Waals surface area contributed by atoms with Gasteiger partial charge in [0.15, 0.2) is 5.16 Å². The number of rotatable bonds is 3. The number of carbonyl (C=O) groups is 1. The highest BCUT2D eigenvalue weighted by atomic mass is 32.2. The van der Waals surface area contributed by atoms with Gasteiger partial charge in [0.1, 0.15) is 16.7 Å². The van der Waals surface area contributed by atoms with Gasteiger partial charge in [-0.05, 0) is 12.0 Å². The second-order valence-corrected chi connectivity index (χ2v) is 4.28. The summed E-state index contributed by atoms with van der Waals surface area (Å²) in [5, 5.41) is 10.3. The first kappa shape index (κ1) is 14.7. The summed E-state index contributed by atoms with van der Waals surface area (Å²) in [5.74, 6) is 0.916. The van der Waals surface area contributed by atoms with E-state index in [4.69, 9.17) is 10.1 Å². The number of primary amides is 1. The second kappa shape index (κ2) is 9.00. The van der Waals surface area contributed by atoms with Crippen LogP contribution in [0.25, 0.3) is 0 Å². The normalized spacial score (nSPS) is 8.56. The van der Waals surface area contributed by atoms with Crippen LogP contribution in [0.2, 0.25) is 0 Å². The van der Waals surface area contributed by atoms with E-state index in [2.05, 4.69) is 21.8 Å². The number of hydrogen-bond donors (Lipinski definition) is 1. The Morgan fingerprint density at radius 1 is 1.69 bits per heavy atom. The van der Waals surface area contributed by atoms with Gasteiger partial charge in [-0.25, -0.2) is 9.97 Å². The van der Waals surface area contributed by atoms with Gasteiger partial charge in [-0.15, -0.1) is 11.8 Å². The third-order valence-corrected chi connectivity index (χ3v) is 2.75. The summed E-state index contributed by atoms with van der Waals surface area (Å²) in [6.45, 7) is 2.03. The zero-order valence-electron chi connectivity index (χ0n) is 9.01. The van der Waals surface area contributed by atoms with Gasteiger partial charge in [-0.1, -0.05) is 18.7 Å². The lowest BCUT2D eigenvalue weighted by Crippen LogP contribution is -1.92. The lowest BCUT2D eigenvalue weighted by Gasteiger charge is -2.01. The summed E-state index contributed by atoms with van der Waals surface area (Å²) in [6, 6.07) is 2.08. The minimum Gasteiger partial charge on any atom is -0.372 e. The molecular formula is C9H12N4OS2. The molecule has 1 heterocycles. The molecule has 0 bridgehead atoms. The Labute approximate surface area is 103 Å². The molecule has 0 radical (unpaired) electrons. The smallest absolute Gasteiger partial charge is 0.204 e. The highest BCUT2D eigenvalue weighted by Gasteiger charge is 2.05. The molecule has 5 nitrogen and oxygen atoms in total. The van der Waals surface area contributed by atoms with Crippen molar-refractivity contribution in [2.24, 2.45) is 5.73 Å². The maximum absolute atomic E-state index is 8.76. The average Bonchev–Trinajstić information content (AvgIpc) is 2.30. The van der Waals surface area contributed by atoms with Gasteiger partial charge < -0.3 is 5.73 Å². The molecule has 0 aliphatic heterocycles. The van der Waals surface area contributed by atoms with Crippen molar-refractivity contribution in [1.82, 2.24) is 9.97 Å². The van der Waals surface area contributed by atoms with Crippen LogP contribution in [0.1, 0.15) is 12.5 Å². The van der Waals surface area contributed by atoms with Crippen molar-refractivity contribution in [2.75, 3.05) is 12.0 Å². The zero-order chi connectivity index (χ0) is 12.4. The summed E-state index contributed by atoms with van der Waals surface area (Å²) >= 11 is 3.05. The van der Waals surface area contributed by atoms with Gasteiger partial charge in [0.25, 0.3) is 0 Å². The van der Waals surface area contributed by atoms with Gasteiger partial charge in [0, 0.05) is 0 Å². The van der Waals surface area contributed by atoms with Crippen molar-refractivity contribution >= 4 is 29.9 Å². The second-order valence-electron chi connectivity index (χ2n) is 2.26. The van der Waals surface area contributed by atoms with E-state index in [0.29, 0.717) is 5.56 Å². The first-order valence-electron chi connectivity index (χ1n) is 4.32. The summed E-state index contributed by atoms with van der Waals surface area (Å²) in [4.78, 5) is 16.9. The summed E-state index contributed by atoms with van der Waals surface area (Å²) in [7, 11) is 0. The van der Waals surface area contributed by atoms with Gasteiger partial charge in [0.2, 0.25) is 6.41 Å². The lowest BCUT2D eigenvalue weighted by molar-refractivity contribution is -0.106. The number of nitriles is 1. The van der Waals surface area contributed by atoms with Crippen LogP contribution >= 0.6 is 23.5 Å². The Bertz CT molecular complexity index is 378. The van der Waals surface area contributed by atoms with Gasteiger partial charge in [0.05, 0.1) is 6.20 Å². The number of carbonyl (C=O) groups excluding carboxylic acids is 1. The molecule has 1 aromatic heterocycles. The zero-order valence-corrected chi connectivity index (χ0v) is 10.6. The van der Waals surface area contributed by atoms with Crippen molar-refractivity contribution < 1.29 is 4.79 Å². The standard InChI is InChI=1S/C8H9N3S2.CH3NO/c1-3-13-7-6(4-9)5-10-8(11-7)12-2;2-1-3/h5H,3H2,1-2H3;1H,(H2,2,3). The molecule has 0 aromatic carbocycles. The van der Waals surface area contributed by atoms with Crippen molar-refractivity contribution in [1.29, 1.82) is 5.26 Å². The fourth-order valence-electron chi connectivity index (χ4n) is 0.773. The van der Waals surface area contributed by atoms with Gasteiger partial charge >= 0.3 is 0 Å². The van der Waals surface area contributed by atoms with Gasteiger partial charge in [-0.3, -0.25) is 4.79 Å². The van der Waals surface area contributed by atoms with Crippen molar-refractivity contribution in [3.63, 3.8) is 0 Å². The number of nitrogens with two attached hydrogens (primary N) is 1. The Balaban J connectivity index is 0.000000673. The Morgan fingerprint density at radius 3 is 2.75 bits per heavy atom. The van der Waals surface area contributed by atoms with Crippen LogP contribution in [0, 0.1) is 11.3 Å². The van der Waals surface area contributed by atoms with Crippen LogP contribution in [0.5, 0.6) is 0 Å². The van der Waals surface area contributed by atoms with E-state index >= 15 is 0 Å². The van der Waals surface area contributed by atoms with Crippen LogP contribution in [0.3, 0.4) is 0 Å². The number of thioether (sulfide) groups is 2. The SMILES string of the molecule is CCSc1nc(SC)ncc1C#N.NC=O. The summed E-state index contributed by atoms with van der Waals surface area (Å²) in [5.41, 5.74) is 4.73. The molecule has 0 aliphatic carbocycles. The fraction of sp³-hybridized carbons (Fsp3) is 0.333. The van der Waals surface area contributed by atoms with Crippen molar-refractivity contribution in [3.05, 3.63) is 11.8 Å². The molecule has 16 heavy (non-hydrogen) atoms. The van der Waals surface area contributed by atoms with E-state index in [9.17, 15) is 0 Å². The predicted octanol–water partition coefficient (Wildman–Crippen LogP) is 1.28. The Morgan fingerprint density at radius 2 is 2.31 bits per heavy atom. The number of aromatic nitrogens is 2. The number of amides is 1. The molecule has 0 spiro atoms. The van der Waals surface area contributed by atoms with E-state index in [1.165, 1.54) is 11.8 Å². The molecule has 0 atom stereocenters. The first-order valence-corrected chi connectivity index (χ1v) is 6.53.